The van der Waals surface area contributed by atoms with E-state index in [1.807, 2.05) is 0 Å². The standard InChI is InChI=1S/C14H11F3N6O3/c1-21-6-19-12(23(24)25)13(21)22-7-18-11(20-22)8-3-9(14(15,16)17)5-10(4-8)26-2/h3-7H,1-2H3. The number of aryl methyl sites for hydroxylation is 1. The Kier molecular flexibility index (Phi) is 4.10. The van der Waals surface area contributed by atoms with Crippen LogP contribution < -0.4 is 4.74 Å². The van der Waals surface area contributed by atoms with Crippen LogP contribution in [0, 0.1) is 10.1 Å². The molecule has 0 bridgehead atoms. The van der Waals surface area contributed by atoms with Crippen LogP contribution in [0.15, 0.2) is 30.9 Å². The van der Waals surface area contributed by atoms with Crippen molar-refractivity contribution in [3.63, 3.8) is 0 Å². The normalized spacial score (nSPS) is 11.6. The lowest BCUT2D eigenvalue weighted by Crippen LogP contribution is -2.06. The monoisotopic (exact) mass is 368 g/mol. The average molecular weight is 368 g/mol. The Morgan fingerprint density at radius 2 is 1.92 bits per heavy atom. The third-order valence-electron chi connectivity index (χ3n) is 3.50. The maximum Gasteiger partial charge on any atom is 0.416 e. The zero-order valence-electron chi connectivity index (χ0n) is 13.4. The van der Waals surface area contributed by atoms with Crippen LogP contribution in [0.1, 0.15) is 5.56 Å². The molecule has 0 unspecified atom stereocenters. The van der Waals surface area contributed by atoms with Crippen LogP contribution in [0.4, 0.5) is 19.0 Å². The Morgan fingerprint density at radius 3 is 2.54 bits per heavy atom. The first-order valence-electron chi connectivity index (χ1n) is 7.05. The fourth-order valence-corrected chi connectivity index (χ4v) is 2.31. The van der Waals surface area contributed by atoms with E-state index in [4.69, 9.17) is 4.74 Å². The van der Waals surface area contributed by atoms with Gasteiger partial charge in [0, 0.05) is 12.6 Å². The Hall–Kier alpha value is -3.44. The number of aromatic nitrogens is 5. The minimum atomic E-state index is -4.58. The summed E-state index contributed by atoms with van der Waals surface area (Å²) < 4.78 is 46.4. The lowest BCUT2D eigenvalue weighted by atomic mass is 10.1. The number of ether oxygens (including phenoxy) is 1. The first-order valence-corrected chi connectivity index (χ1v) is 7.05. The molecule has 0 aliphatic heterocycles. The molecule has 26 heavy (non-hydrogen) atoms. The summed E-state index contributed by atoms with van der Waals surface area (Å²) in [7, 11) is 2.76. The van der Waals surface area contributed by atoms with Crippen LogP contribution in [0.3, 0.4) is 0 Å². The van der Waals surface area contributed by atoms with Gasteiger partial charge in [-0.05, 0) is 28.1 Å². The van der Waals surface area contributed by atoms with Gasteiger partial charge in [-0.3, -0.25) is 4.57 Å². The molecule has 3 rings (SSSR count). The molecule has 0 saturated heterocycles. The van der Waals surface area contributed by atoms with E-state index in [-0.39, 0.29) is 23.0 Å². The van der Waals surface area contributed by atoms with E-state index in [0.29, 0.717) is 0 Å². The van der Waals surface area contributed by atoms with E-state index in [1.54, 1.807) is 0 Å². The van der Waals surface area contributed by atoms with E-state index in [2.05, 4.69) is 15.1 Å². The van der Waals surface area contributed by atoms with Gasteiger partial charge in [-0.2, -0.15) is 17.9 Å². The maximum absolute atomic E-state index is 13.0. The van der Waals surface area contributed by atoms with Crippen molar-refractivity contribution in [2.75, 3.05) is 7.11 Å². The number of benzene rings is 1. The fraction of sp³-hybridized carbons (Fsp3) is 0.214. The Morgan fingerprint density at radius 1 is 1.19 bits per heavy atom. The molecule has 12 heteroatoms. The van der Waals surface area contributed by atoms with Gasteiger partial charge in [0.25, 0.3) is 0 Å². The zero-order chi connectivity index (χ0) is 19.1. The maximum atomic E-state index is 13.0. The molecule has 136 valence electrons. The minimum absolute atomic E-state index is 0.0160. The summed E-state index contributed by atoms with van der Waals surface area (Å²) in [5.74, 6) is -0.499. The highest BCUT2D eigenvalue weighted by Gasteiger charge is 2.32. The topological polar surface area (TPSA) is 101 Å². The van der Waals surface area contributed by atoms with Gasteiger partial charge in [0.2, 0.25) is 12.1 Å². The van der Waals surface area contributed by atoms with Crippen molar-refractivity contribution in [1.82, 2.24) is 24.3 Å². The van der Waals surface area contributed by atoms with Gasteiger partial charge in [-0.25, -0.2) is 4.98 Å². The van der Waals surface area contributed by atoms with Crippen LogP contribution in [0.2, 0.25) is 0 Å². The number of hydrogen-bond acceptors (Lipinski definition) is 6. The number of nitro groups is 1. The van der Waals surface area contributed by atoms with Crippen molar-refractivity contribution < 1.29 is 22.8 Å². The molecule has 3 aromatic rings. The number of halogens is 3. The first-order chi connectivity index (χ1) is 12.2. The molecule has 9 nitrogen and oxygen atoms in total. The van der Waals surface area contributed by atoms with Gasteiger partial charge in [0.15, 0.2) is 5.82 Å². The number of methoxy groups -OCH3 is 1. The van der Waals surface area contributed by atoms with Crippen LogP contribution in [-0.2, 0) is 13.2 Å². The minimum Gasteiger partial charge on any atom is -0.497 e. The second-order valence-corrected chi connectivity index (χ2v) is 5.22. The van der Waals surface area contributed by atoms with Crippen LogP contribution in [0.5, 0.6) is 5.75 Å². The van der Waals surface area contributed by atoms with Crippen molar-refractivity contribution >= 4 is 5.82 Å². The van der Waals surface area contributed by atoms with E-state index in [1.165, 1.54) is 31.1 Å². The van der Waals surface area contributed by atoms with E-state index < -0.39 is 22.5 Å². The van der Waals surface area contributed by atoms with Gasteiger partial charge in [-0.1, -0.05) is 0 Å². The van der Waals surface area contributed by atoms with Crippen LogP contribution in [0.25, 0.3) is 17.2 Å². The van der Waals surface area contributed by atoms with Gasteiger partial charge < -0.3 is 14.9 Å². The molecule has 0 radical (unpaired) electrons. The number of hydrogen-bond donors (Lipinski definition) is 0. The van der Waals surface area contributed by atoms with E-state index >= 15 is 0 Å². The molecule has 1 aromatic carbocycles. The first kappa shape index (κ1) is 17.4. The quantitative estimate of drug-likeness (QED) is 0.518. The molecule has 0 atom stereocenters. The Bertz CT molecular complexity index is 979. The van der Waals surface area contributed by atoms with Crippen molar-refractivity contribution in [3.8, 4) is 23.0 Å². The molecule has 0 amide bonds. The summed E-state index contributed by atoms with van der Waals surface area (Å²) in [6.07, 6.45) is -2.19. The highest BCUT2D eigenvalue weighted by Crippen LogP contribution is 2.35. The lowest BCUT2D eigenvalue weighted by molar-refractivity contribution is -0.389. The summed E-state index contributed by atoms with van der Waals surface area (Å²) in [4.78, 5) is 18.0. The molecule has 0 N–H and O–H groups in total. The molecule has 0 spiro atoms. The van der Waals surface area contributed by atoms with Crippen molar-refractivity contribution in [3.05, 3.63) is 46.5 Å². The summed E-state index contributed by atoms with van der Waals surface area (Å²) in [5, 5.41) is 15.1. The number of alkyl halides is 3. The lowest BCUT2D eigenvalue weighted by Gasteiger charge is -2.10. The molecule has 0 aliphatic rings. The number of imidazole rings is 1. The van der Waals surface area contributed by atoms with E-state index in [0.717, 1.165) is 23.1 Å². The molecule has 2 aromatic heterocycles. The summed E-state index contributed by atoms with van der Waals surface area (Å²) in [6.45, 7) is 0. The van der Waals surface area contributed by atoms with Gasteiger partial charge in [0.05, 0.1) is 12.7 Å². The van der Waals surface area contributed by atoms with Crippen molar-refractivity contribution in [2.24, 2.45) is 7.05 Å². The summed E-state index contributed by atoms with van der Waals surface area (Å²) in [5.41, 5.74) is -0.866. The molecule has 0 fully saturated rings. The predicted molar refractivity (Wildman–Crippen MR) is 81.8 cm³/mol. The van der Waals surface area contributed by atoms with Crippen molar-refractivity contribution in [2.45, 2.75) is 6.18 Å². The third-order valence-corrected chi connectivity index (χ3v) is 3.50. The highest BCUT2D eigenvalue weighted by atomic mass is 19.4. The Balaban J connectivity index is 2.09. The molecular formula is C14H11F3N6O3. The molecule has 2 heterocycles. The zero-order valence-corrected chi connectivity index (χ0v) is 13.4. The Labute approximate surface area is 143 Å². The predicted octanol–water partition coefficient (Wildman–Crippen LogP) is 2.60. The van der Waals surface area contributed by atoms with Crippen molar-refractivity contribution in [1.29, 1.82) is 0 Å². The number of rotatable bonds is 4. The third kappa shape index (κ3) is 3.08. The summed E-state index contributed by atoms with van der Waals surface area (Å²) >= 11 is 0. The SMILES string of the molecule is COc1cc(-c2ncn(-c3c([N+](=O)[O-])ncn3C)n2)cc(C(F)(F)F)c1. The number of nitrogens with zero attached hydrogens (tertiary/aromatic N) is 6. The van der Waals surface area contributed by atoms with Crippen LogP contribution in [-0.4, -0.2) is 36.3 Å². The largest absolute Gasteiger partial charge is 0.497 e. The molecular weight excluding hydrogens is 357 g/mol. The van der Waals surface area contributed by atoms with Gasteiger partial charge in [0.1, 0.15) is 12.1 Å². The average Bonchev–Trinajstić information content (AvgIpc) is 3.19. The van der Waals surface area contributed by atoms with Gasteiger partial charge >= 0.3 is 12.0 Å². The van der Waals surface area contributed by atoms with Gasteiger partial charge in [-0.15, -0.1) is 5.10 Å². The molecule has 0 aliphatic carbocycles. The fourth-order valence-electron chi connectivity index (χ4n) is 2.31. The molecule has 0 saturated carbocycles. The highest BCUT2D eigenvalue weighted by molar-refractivity contribution is 5.59. The smallest absolute Gasteiger partial charge is 0.416 e. The second kappa shape index (κ2) is 6.13. The van der Waals surface area contributed by atoms with E-state index in [9.17, 15) is 23.3 Å². The van der Waals surface area contributed by atoms with Crippen LogP contribution >= 0.6 is 0 Å². The second-order valence-electron chi connectivity index (χ2n) is 5.22. The summed E-state index contributed by atoms with van der Waals surface area (Å²) in [6, 6.07) is 3.07.